The van der Waals surface area contributed by atoms with Crippen LogP contribution < -0.4 is 14.8 Å². The number of piperidine rings is 1. The first kappa shape index (κ1) is 25.5. The summed E-state index contributed by atoms with van der Waals surface area (Å²) in [4.78, 5) is 22.0. The zero-order chi connectivity index (χ0) is 26.5. The lowest BCUT2D eigenvalue weighted by molar-refractivity contribution is -0.136. The molecule has 0 unspecified atom stereocenters. The standard InChI is InChI=1S/C27H32N6O5/c1-3-36-23-12-19(13-24(37-4-2)26(23)33-17-28-16-29-33)15-32-9-7-20(8-10-32)30-27-31-21-11-18(14-25(34)35)5-6-22(21)38-27/h5-6,11-13,16-17,20H,3-4,7-10,14-15H2,1-2H3,(H,30,31)(H,34,35). The number of nitrogens with zero attached hydrogens (tertiary/aromatic N) is 5. The van der Waals surface area contributed by atoms with Crippen LogP contribution in [0.25, 0.3) is 16.8 Å². The molecule has 0 radical (unpaired) electrons. The number of fused-ring (bicyclic) bond motifs is 1. The van der Waals surface area contributed by atoms with Crippen molar-refractivity contribution in [3.63, 3.8) is 0 Å². The van der Waals surface area contributed by atoms with E-state index in [4.69, 9.17) is 19.0 Å². The van der Waals surface area contributed by atoms with E-state index in [2.05, 4.69) is 37.4 Å². The minimum absolute atomic E-state index is 0.0364. The summed E-state index contributed by atoms with van der Waals surface area (Å²) in [6.45, 7) is 7.59. The van der Waals surface area contributed by atoms with Crippen LogP contribution in [0.4, 0.5) is 6.01 Å². The van der Waals surface area contributed by atoms with E-state index >= 15 is 0 Å². The maximum absolute atomic E-state index is 11.0. The molecule has 1 saturated heterocycles. The number of hydrogen-bond donors (Lipinski definition) is 2. The lowest BCUT2D eigenvalue weighted by Crippen LogP contribution is -2.38. The van der Waals surface area contributed by atoms with E-state index in [1.54, 1.807) is 29.2 Å². The Hall–Kier alpha value is -4.12. The van der Waals surface area contributed by atoms with Crippen LogP contribution in [-0.4, -0.2) is 68.1 Å². The Morgan fingerprint density at radius 1 is 1.11 bits per heavy atom. The maximum Gasteiger partial charge on any atom is 0.307 e. The van der Waals surface area contributed by atoms with Gasteiger partial charge in [-0.3, -0.25) is 9.69 Å². The normalized spacial score (nSPS) is 14.6. The van der Waals surface area contributed by atoms with Gasteiger partial charge in [-0.15, -0.1) is 0 Å². The Morgan fingerprint density at radius 2 is 1.84 bits per heavy atom. The van der Waals surface area contributed by atoms with Crippen molar-refractivity contribution in [1.82, 2.24) is 24.6 Å². The van der Waals surface area contributed by atoms with E-state index in [9.17, 15) is 4.79 Å². The van der Waals surface area contributed by atoms with Crippen molar-refractivity contribution in [2.45, 2.75) is 45.7 Å². The van der Waals surface area contributed by atoms with E-state index in [-0.39, 0.29) is 12.5 Å². The van der Waals surface area contributed by atoms with Crippen LogP contribution in [0.1, 0.15) is 37.8 Å². The lowest BCUT2D eigenvalue weighted by Gasteiger charge is -2.32. The Morgan fingerprint density at radius 3 is 2.47 bits per heavy atom. The van der Waals surface area contributed by atoms with Crippen molar-refractivity contribution in [1.29, 1.82) is 0 Å². The van der Waals surface area contributed by atoms with Crippen molar-refractivity contribution < 1.29 is 23.8 Å². The SMILES string of the molecule is CCOc1cc(CN2CCC(Nc3nc4cc(CC(=O)O)ccc4o3)CC2)cc(OCC)c1-n1cncn1. The molecule has 1 aliphatic heterocycles. The molecular formula is C27H32N6O5. The molecule has 0 bridgehead atoms. The molecule has 0 amide bonds. The molecule has 3 heterocycles. The first-order chi connectivity index (χ1) is 18.5. The van der Waals surface area contributed by atoms with Crippen molar-refractivity contribution in [2.24, 2.45) is 0 Å². The summed E-state index contributed by atoms with van der Waals surface area (Å²) in [5, 5.41) is 16.7. The van der Waals surface area contributed by atoms with E-state index in [0.717, 1.165) is 55.2 Å². The van der Waals surface area contributed by atoms with Gasteiger partial charge in [-0.1, -0.05) is 6.07 Å². The highest BCUT2D eigenvalue weighted by molar-refractivity contribution is 5.78. The minimum atomic E-state index is -0.868. The van der Waals surface area contributed by atoms with Gasteiger partial charge in [-0.2, -0.15) is 10.1 Å². The molecule has 11 heteroatoms. The van der Waals surface area contributed by atoms with Crippen molar-refractivity contribution in [3.8, 4) is 17.2 Å². The number of carbonyl (C=O) groups is 1. The molecule has 1 aliphatic rings. The van der Waals surface area contributed by atoms with E-state index in [1.165, 1.54) is 6.33 Å². The predicted octanol–water partition coefficient (Wildman–Crippen LogP) is 3.91. The Labute approximate surface area is 220 Å². The molecule has 1 fully saturated rings. The second kappa shape index (κ2) is 11.5. The van der Waals surface area contributed by atoms with Crippen LogP contribution >= 0.6 is 0 Å². The van der Waals surface area contributed by atoms with Gasteiger partial charge in [0.1, 0.15) is 29.7 Å². The molecule has 4 aromatic rings. The molecule has 0 aliphatic carbocycles. The number of rotatable bonds is 11. The highest BCUT2D eigenvalue weighted by atomic mass is 16.5. The molecule has 2 N–H and O–H groups in total. The third kappa shape index (κ3) is 5.88. The quantitative estimate of drug-likeness (QED) is 0.300. The summed E-state index contributed by atoms with van der Waals surface area (Å²) < 4.78 is 19.5. The number of hydrogen-bond acceptors (Lipinski definition) is 9. The number of carboxylic acid groups (broad SMARTS) is 1. The van der Waals surface area contributed by atoms with E-state index < -0.39 is 5.97 Å². The van der Waals surface area contributed by atoms with Gasteiger partial charge >= 0.3 is 5.97 Å². The third-order valence-electron chi connectivity index (χ3n) is 6.48. The average molecular weight is 521 g/mol. The van der Waals surface area contributed by atoms with Gasteiger partial charge in [0.05, 0.1) is 19.6 Å². The number of anilines is 1. The lowest BCUT2D eigenvalue weighted by atomic mass is 10.0. The fourth-order valence-electron chi connectivity index (χ4n) is 4.80. The topological polar surface area (TPSA) is 128 Å². The van der Waals surface area contributed by atoms with Gasteiger partial charge in [-0.25, -0.2) is 9.67 Å². The summed E-state index contributed by atoms with van der Waals surface area (Å²) in [5.74, 6) is 0.572. The summed E-state index contributed by atoms with van der Waals surface area (Å²) >= 11 is 0. The first-order valence-corrected chi connectivity index (χ1v) is 12.9. The predicted molar refractivity (Wildman–Crippen MR) is 141 cm³/mol. The van der Waals surface area contributed by atoms with Gasteiger partial charge in [0.25, 0.3) is 6.01 Å². The largest absolute Gasteiger partial charge is 0.491 e. The van der Waals surface area contributed by atoms with Gasteiger partial charge in [-0.05, 0) is 62.1 Å². The number of likely N-dealkylation sites (tertiary alicyclic amines) is 1. The molecular weight excluding hydrogens is 488 g/mol. The first-order valence-electron chi connectivity index (χ1n) is 12.9. The van der Waals surface area contributed by atoms with Gasteiger partial charge in [0.15, 0.2) is 11.3 Å². The van der Waals surface area contributed by atoms with Crippen LogP contribution in [0.5, 0.6) is 11.5 Å². The molecule has 0 saturated carbocycles. The molecule has 2 aromatic heterocycles. The van der Waals surface area contributed by atoms with Crippen LogP contribution in [0.2, 0.25) is 0 Å². The number of aliphatic carboxylic acids is 1. The summed E-state index contributed by atoms with van der Waals surface area (Å²) in [6, 6.07) is 10.1. The smallest absolute Gasteiger partial charge is 0.307 e. The van der Waals surface area contributed by atoms with Gasteiger partial charge < -0.3 is 24.3 Å². The third-order valence-corrected chi connectivity index (χ3v) is 6.48. The fourth-order valence-corrected chi connectivity index (χ4v) is 4.80. The van der Waals surface area contributed by atoms with Crippen molar-refractivity contribution in [2.75, 3.05) is 31.6 Å². The van der Waals surface area contributed by atoms with Crippen LogP contribution in [-0.2, 0) is 17.8 Å². The summed E-state index contributed by atoms with van der Waals surface area (Å²) in [6.07, 6.45) is 4.98. The molecule has 11 nitrogen and oxygen atoms in total. The Balaban J connectivity index is 1.23. The van der Waals surface area contributed by atoms with Crippen LogP contribution in [0.3, 0.4) is 0 Å². The maximum atomic E-state index is 11.0. The average Bonchev–Trinajstić information content (AvgIpc) is 3.55. The van der Waals surface area contributed by atoms with Crippen molar-refractivity contribution >= 4 is 23.1 Å². The van der Waals surface area contributed by atoms with E-state index in [1.807, 2.05) is 13.8 Å². The zero-order valence-corrected chi connectivity index (χ0v) is 21.6. The highest BCUT2D eigenvalue weighted by Gasteiger charge is 2.23. The minimum Gasteiger partial charge on any atom is -0.491 e. The molecule has 0 atom stereocenters. The van der Waals surface area contributed by atoms with Crippen molar-refractivity contribution in [3.05, 3.63) is 54.1 Å². The fraction of sp³-hybridized carbons (Fsp3) is 0.407. The van der Waals surface area contributed by atoms with Crippen LogP contribution in [0.15, 0.2) is 47.4 Å². The number of oxazole rings is 1. The number of nitrogens with one attached hydrogen (secondary N) is 1. The molecule has 38 heavy (non-hydrogen) atoms. The molecule has 5 rings (SSSR count). The second-order valence-corrected chi connectivity index (χ2v) is 9.23. The van der Waals surface area contributed by atoms with Gasteiger partial charge in [0.2, 0.25) is 0 Å². The highest BCUT2D eigenvalue weighted by Crippen LogP contribution is 2.35. The molecule has 200 valence electrons. The second-order valence-electron chi connectivity index (χ2n) is 9.23. The Bertz CT molecular complexity index is 1350. The number of carboxylic acids is 1. The Kier molecular flexibility index (Phi) is 7.73. The van der Waals surface area contributed by atoms with Crippen LogP contribution in [0, 0.1) is 0 Å². The van der Waals surface area contributed by atoms with E-state index in [0.29, 0.717) is 35.9 Å². The summed E-state index contributed by atoms with van der Waals surface area (Å²) in [7, 11) is 0. The number of benzene rings is 2. The molecule has 2 aromatic carbocycles. The zero-order valence-electron chi connectivity index (χ0n) is 21.6. The molecule has 0 spiro atoms. The number of aromatic nitrogens is 4. The summed E-state index contributed by atoms with van der Waals surface area (Å²) in [5.41, 5.74) is 3.87. The van der Waals surface area contributed by atoms with Gasteiger partial charge in [0, 0.05) is 25.7 Å². The monoisotopic (exact) mass is 520 g/mol. The number of ether oxygens (including phenoxy) is 2.